The van der Waals surface area contributed by atoms with Crippen molar-refractivity contribution in [2.75, 3.05) is 39.6 Å². The monoisotopic (exact) mass is 1480 g/mol. The van der Waals surface area contributed by atoms with Crippen molar-refractivity contribution in [2.45, 2.75) is 452 Å². The molecule has 0 bridgehead atoms. The lowest BCUT2D eigenvalue weighted by molar-refractivity contribution is -0.161. The van der Waals surface area contributed by atoms with Crippen molar-refractivity contribution in [3.63, 3.8) is 0 Å². The maximum absolute atomic E-state index is 13.1. The number of unbranched alkanes of at least 4 members (excludes halogenated alkanes) is 49. The molecule has 0 aromatic carbocycles. The predicted molar refractivity (Wildman–Crippen MR) is 414 cm³/mol. The van der Waals surface area contributed by atoms with Crippen molar-refractivity contribution in [2.24, 2.45) is 11.8 Å². The molecule has 19 heteroatoms. The highest BCUT2D eigenvalue weighted by Crippen LogP contribution is 2.45. The van der Waals surface area contributed by atoms with E-state index >= 15 is 0 Å². The van der Waals surface area contributed by atoms with Crippen molar-refractivity contribution >= 4 is 39.5 Å². The van der Waals surface area contributed by atoms with E-state index in [2.05, 4.69) is 41.5 Å². The van der Waals surface area contributed by atoms with Gasteiger partial charge in [0, 0.05) is 25.7 Å². The Hall–Kier alpha value is -1.94. The van der Waals surface area contributed by atoms with Crippen molar-refractivity contribution in [1.82, 2.24) is 0 Å². The quantitative estimate of drug-likeness (QED) is 0.0222. The van der Waals surface area contributed by atoms with E-state index in [1.807, 2.05) is 0 Å². The van der Waals surface area contributed by atoms with Crippen LogP contribution in [0.15, 0.2) is 0 Å². The summed E-state index contributed by atoms with van der Waals surface area (Å²) in [5.74, 6) is -0.562. The Morgan fingerprint density at radius 1 is 0.277 bits per heavy atom. The zero-order chi connectivity index (χ0) is 74.2. The fourth-order valence-electron chi connectivity index (χ4n) is 12.6. The molecule has 4 unspecified atom stereocenters. The van der Waals surface area contributed by atoms with Crippen LogP contribution in [-0.4, -0.2) is 96.7 Å². The number of hydrogen-bond donors (Lipinski definition) is 3. The van der Waals surface area contributed by atoms with E-state index in [0.29, 0.717) is 25.7 Å². The fourth-order valence-corrected chi connectivity index (χ4v) is 14.2. The van der Waals surface area contributed by atoms with Gasteiger partial charge in [0.05, 0.1) is 26.4 Å². The summed E-state index contributed by atoms with van der Waals surface area (Å²) in [6, 6.07) is 0. The van der Waals surface area contributed by atoms with E-state index in [9.17, 15) is 43.2 Å². The van der Waals surface area contributed by atoms with Crippen molar-refractivity contribution < 1.29 is 80.2 Å². The Kier molecular flexibility index (Phi) is 72.2. The molecule has 0 aromatic heterocycles. The highest BCUT2D eigenvalue weighted by atomic mass is 31.2. The lowest BCUT2D eigenvalue weighted by Crippen LogP contribution is -2.30. The second kappa shape index (κ2) is 73.6. The van der Waals surface area contributed by atoms with Crippen LogP contribution in [0.5, 0.6) is 0 Å². The highest BCUT2D eigenvalue weighted by Gasteiger charge is 2.30. The Balaban J connectivity index is 5.25. The zero-order valence-corrected chi connectivity index (χ0v) is 68.0. The number of esters is 4. The fraction of sp³-hybridized carbons (Fsp3) is 0.951. The lowest BCUT2D eigenvalue weighted by Gasteiger charge is -2.21. The predicted octanol–water partition coefficient (Wildman–Crippen LogP) is 24.7. The summed E-state index contributed by atoms with van der Waals surface area (Å²) in [5, 5.41) is 10.6. The molecule has 0 rings (SSSR count). The number of carbonyl (C=O) groups is 4. The molecule has 17 nitrogen and oxygen atoms in total. The average molecular weight is 1480 g/mol. The first-order chi connectivity index (χ1) is 48.9. The van der Waals surface area contributed by atoms with Gasteiger partial charge in [-0.3, -0.25) is 37.3 Å². The number of rotatable bonds is 81. The molecule has 0 heterocycles. The molecule has 3 N–H and O–H groups in total. The SMILES string of the molecule is CCCCCCCCCCCCCCCCCCCCCC(=O)O[C@H](COC(=O)CCCCCCCCCCCCCCCCCCCC)COP(=O)(O)OC[C@@H](O)COP(=O)(O)OC[C@@H](COC(=O)CCCCCCCCCCC(C)CC)OC(=O)CCCCCCCCCCC(C)CC. The van der Waals surface area contributed by atoms with Crippen molar-refractivity contribution in [3.05, 3.63) is 0 Å². The van der Waals surface area contributed by atoms with Gasteiger partial charge in [-0.2, -0.15) is 0 Å². The maximum Gasteiger partial charge on any atom is 0.472 e. The molecule has 600 valence electrons. The van der Waals surface area contributed by atoms with Crippen LogP contribution < -0.4 is 0 Å². The maximum atomic E-state index is 13.1. The van der Waals surface area contributed by atoms with Gasteiger partial charge in [-0.1, -0.05) is 382 Å². The number of phosphoric ester groups is 2. The first-order valence-electron chi connectivity index (χ1n) is 42.6. The second-order valence-corrected chi connectivity index (χ2v) is 32.9. The van der Waals surface area contributed by atoms with E-state index in [0.717, 1.165) is 102 Å². The van der Waals surface area contributed by atoms with Crippen molar-refractivity contribution in [3.8, 4) is 0 Å². The number of hydrogen-bond acceptors (Lipinski definition) is 15. The first kappa shape index (κ1) is 99.1. The molecule has 0 spiro atoms. The molecule has 7 atom stereocenters. The summed E-state index contributed by atoms with van der Waals surface area (Å²) < 4.78 is 68.8. The third-order valence-electron chi connectivity index (χ3n) is 19.9. The second-order valence-electron chi connectivity index (χ2n) is 30.0. The van der Waals surface area contributed by atoms with Gasteiger partial charge in [-0.25, -0.2) is 9.13 Å². The number of aliphatic hydroxyl groups is 1. The van der Waals surface area contributed by atoms with E-state index < -0.39 is 97.5 Å². The molecule has 0 saturated heterocycles. The third-order valence-corrected chi connectivity index (χ3v) is 21.8. The van der Waals surface area contributed by atoms with Crippen LogP contribution in [0.1, 0.15) is 433 Å². The standard InChI is InChI=1S/C82H160O17P2/c1-7-11-13-15-17-19-21-23-25-27-29-31-33-35-37-39-48-54-60-66-81(86)98-77(70-92-79(84)64-58-52-46-38-36-34-32-30-28-26-24-22-20-18-16-14-12-8-2)72-96-100(88,89)94-68-76(83)69-95-101(90,91)97-73-78(99-82(87)67-61-55-49-43-41-45-51-57-63-75(6)10-4)71-93-80(85)65-59-53-47-42-40-44-50-56-62-74(5)9-3/h74-78,83H,7-73H2,1-6H3,(H,88,89)(H,90,91)/t74?,75?,76-,77-,78-/m1/s1. The normalized spacial score (nSPS) is 14.4. The Bertz CT molecular complexity index is 1950. The molecular weight excluding hydrogens is 1320 g/mol. The molecule has 0 aliphatic heterocycles. The van der Waals surface area contributed by atoms with Gasteiger partial charge < -0.3 is 33.8 Å². The molecule has 0 aliphatic rings. The van der Waals surface area contributed by atoms with Gasteiger partial charge in [0.2, 0.25) is 0 Å². The molecule has 0 saturated carbocycles. The largest absolute Gasteiger partial charge is 0.472 e. The van der Waals surface area contributed by atoms with Crippen LogP contribution in [0.4, 0.5) is 0 Å². The van der Waals surface area contributed by atoms with Crippen molar-refractivity contribution in [1.29, 1.82) is 0 Å². The summed E-state index contributed by atoms with van der Waals surface area (Å²) in [5.41, 5.74) is 0. The number of phosphoric acid groups is 2. The number of ether oxygens (including phenoxy) is 4. The lowest BCUT2D eigenvalue weighted by atomic mass is 9.99. The van der Waals surface area contributed by atoms with E-state index in [4.69, 9.17) is 37.0 Å². The van der Waals surface area contributed by atoms with Crippen LogP contribution in [0, 0.1) is 11.8 Å². The minimum absolute atomic E-state index is 0.105. The first-order valence-corrected chi connectivity index (χ1v) is 45.6. The minimum atomic E-state index is -4.96. The highest BCUT2D eigenvalue weighted by molar-refractivity contribution is 7.47. The van der Waals surface area contributed by atoms with Crippen LogP contribution in [-0.2, 0) is 65.4 Å². The Labute approximate surface area is 619 Å². The molecular formula is C82H160O17P2. The zero-order valence-electron chi connectivity index (χ0n) is 66.2. The summed E-state index contributed by atoms with van der Waals surface area (Å²) in [6.45, 7) is 9.64. The van der Waals surface area contributed by atoms with Crippen LogP contribution in [0.2, 0.25) is 0 Å². The molecule has 0 aromatic rings. The van der Waals surface area contributed by atoms with Gasteiger partial charge in [0.15, 0.2) is 12.2 Å². The molecule has 0 aliphatic carbocycles. The Morgan fingerprint density at radius 2 is 0.475 bits per heavy atom. The summed E-state index contributed by atoms with van der Waals surface area (Å²) in [6.07, 6.45) is 63.8. The van der Waals surface area contributed by atoms with Crippen LogP contribution >= 0.6 is 15.6 Å². The summed E-state index contributed by atoms with van der Waals surface area (Å²) in [7, 11) is -9.92. The van der Waals surface area contributed by atoms with Crippen LogP contribution in [0.3, 0.4) is 0 Å². The van der Waals surface area contributed by atoms with E-state index in [1.54, 1.807) is 0 Å². The van der Waals surface area contributed by atoms with Gasteiger partial charge >= 0.3 is 39.5 Å². The van der Waals surface area contributed by atoms with Gasteiger partial charge in [-0.15, -0.1) is 0 Å². The molecule has 0 fully saturated rings. The number of aliphatic hydroxyl groups excluding tert-OH is 1. The average Bonchev–Trinajstić information content (AvgIpc) is 0.977. The topological polar surface area (TPSA) is 237 Å². The van der Waals surface area contributed by atoms with E-state index in [1.165, 1.54) is 250 Å². The molecule has 0 amide bonds. The number of carbonyl (C=O) groups excluding carboxylic acids is 4. The molecule has 0 radical (unpaired) electrons. The smallest absolute Gasteiger partial charge is 0.462 e. The van der Waals surface area contributed by atoms with Gasteiger partial charge in [0.25, 0.3) is 0 Å². The molecule has 101 heavy (non-hydrogen) atoms. The Morgan fingerprint density at radius 3 is 0.703 bits per heavy atom. The third kappa shape index (κ3) is 73.4. The van der Waals surface area contributed by atoms with Crippen LogP contribution in [0.25, 0.3) is 0 Å². The van der Waals surface area contributed by atoms with Gasteiger partial charge in [-0.05, 0) is 37.5 Å². The van der Waals surface area contributed by atoms with Gasteiger partial charge in [0.1, 0.15) is 19.3 Å². The summed E-state index contributed by atoms with van der Waals surface area (Å²) in [4.78, 5) is 73.1. The summed E-state index contributed by atoms with van der Waals surface area (Å²) >= 11 is 0. The minimum Gasteiger partial charge on any atom is -0.462 e. The van der Waals surface area contributed by atoms with E-state index in [-0.39, 0.29) is 25.7 Å².